The van der Waals surface area contributed by atoms with Gasteiger partial charge >= 0.3 is 12.0 Å². The zero-order chi connectivity index (χ0) is 18.8. The molecule has 8 heteroatoms. The fraction of sp³-hybridized carbons (Fsp3) is 0.353. The number of halogens is 1. The van der Waals surface area contributed by atoms with Gasteiger partial charge in [-0.2, -0.15) is 0 Å². The molecule has 0 saturated heterocycles. The van der Waals surface area contributed by atoms with Crippen LogP contribution < -0.4 is 10.6 Å². The SMILES string of the molecule is C[C@@H](OC(=O)c1cc2c(F)cccc2s1)C(=O)NC(=O)NC(C)(C)C. The Labute approximate surface area is 148 Å². The summed E-state index contributed by atoms with van der Waals surface area (Å²) in [5.74, 6) is -1.93. The Balaban J connectivity index is 2.00. The molecule has 0 fully saturated rings. The average Bonchev–Trinajstić information content (AvgIpc) is 2.90. The standard InChI is InChI=1S/C17H19FN2O4S/c1-9(14(21)19-16(23)20-17(2,3)4)24-15(22)13-8-10-11(18)6-5-7-12(10)25-13/h5-9H,1-4H3,(H2,19,20,21,23)/t9-/m1/s1. The van der Waals surface area contributed by atoms with Gasteiger partial charge in [-0.25, -0.2) is 14.0 Å². The largest absolute Gasteiger partial charge is 0.448 e. The van der Waals surface area contributed by atoms with Crippen LogP contribution in [0.5, 0.6) is 0 Å². The van der Waals surface area contributed by atoms with Gasteiger partial charge in [-0.1, -0.05) is 6.07 Å². The summed E-state index contributed by atoms with van der Waals surface area (Å²) >= 11 is 1.07. The van der Waals surface area contributed by atoms with Crippen molar-refractivity contribution in [1.29, 1.82) is 0 Å². The number of urea groups is 1. The number of benzene rings is 1. The van der Waals surface area contributed by atoms with E-state index in [1.54, 1.807) is 32.9 Å². The lowest BCUT2D eigenvalue weighted by molar-refractivity contribution is -0.127. The third-order valence-corrected chi connectivity index (χ3v) is 4.17. The van der Waals surface area contributed by atoms with Crippen molar-refractivity contribution in [1.82, 2.24) is 10.6 Å². The Kier molecular flexibility index (Phi) is 5.42. The molecular formula is C17H19FN2O4S. The molecule has 1 atom stereocenters. The van der Waals surface area contributed by atoms with Gasteiger partial charge in [-0.05, 0) is 45.9 Å². The molecule has 0 aliphatic heterocycles. The van der Waals surface area contributed by atoms with Crippen LogP contribution in [0.1, 0.15) is 37.4 Å². The van der Waals surface area contributed by atoms with E-state index >= 15 is 0 Å². The Morgan fingerprint density at radius 3 is 2.52 bits per heavy atom. The molecule has 0 radical (unpaired) electrons. The lowest BCUT2D eigenvalue weighted by Gasteiger charge is -2.21. The van der Waals surface area contributed by atoms with E-state index in [2.05, 4.69) is 10.6 Å². The lowest BCUT2D eigenvalue weighted by atomic mass is 10.1. The summed E-state index contributed by atoms with van der Waals surface area (Å²) < 4.78 is 19.3. The lowest BCUT2D eigenvalue weighted by Crippen LogP contribution is -2.50. The smallest absolute Gasteiger partial charge is 0.349 e. The number of ether oxygens (including phenoxy) is 1. The predicted molar refractivity (Wildman–Crippen MR) is 93.1 cm³/mol. The molecule has 2 aromatic rings. The highest BCUT2D eigenvalue weighted by atomic mass is 32.1. The second-order valence-corrected chi connectivity index (χ2v) is 7.59. The van der Waals surface area contributed by atoms with E-state index in [4.69, 9.17) is 4.74 Å². The number of rotatable bonds is 3. The first-order valence-electron chi connectivity index (χ1n) is 7.59. The van der Waals surface area contributed by atoms with Gasteiger partial charge < -0.3 is 10.1 Å². The number of hydrogen-bond acceptors (Lipinski definition) is 5. The summed E-state index contributed by atoms with van der Waals surface area (Å²) in [4.78, 5) is 35.9. The van der Waals surface area contributed by atoms with Gasteiger partial charge in [-0.15, -0.1) is 11.3 Å². The molecule has 0 aliphatic rings. The first kappa shape index (κ1) is 18.9. The summed E-state index contributed by atoms with van der Waals surface area (Å²) in [5.41, 5.74) is -0.509. The summed E-state index contributed by atoms with van der Waals surface area (Å²) in [5, 5.41) is 4.99. The number of carbonyl (C=O) groups excluding carboxylic acids is 3. The van der Waals surface area contributed by atoms with Crippen LogP contribution in [0.15, 0.2) is 24.3 Å². The first-order valence-corrected chi connectivity index (χ1v) is 8.40. The van der Waals surface area contributed by atoms with Gasteiger partial charge in [0.15, 0.2) is 6.10 Å². The van der Waals surface area contributed by atoms with E-state index in [1.807, 2.05) is 0 Å². The van der Waals surface area contributed by atoms with Crippen molar-refractivity contribution >= 4 is 39.3 Å². The maximum Gasteiger partial charge on any atom is 0.349 e. The van der Waals surface area contributed by atoms with Gasteiger partial charge in [0.2, 0.25) is 0 Å². The van der Waals surface area contributed by atoms with Gasteiger partial charge in [0, 0.05) is 15.6 Å². The molecule has 25 heavy (non-hydrogen) atoms. The molecule has 1 aromatic carbocycles. The number of fused-ring (bicyclic) bond motifs is 1. The van der Waals surface area contributed by atoms with Crippen molar-refractivity contribution in [2.75, 3.05) is 0 Å². The zero-order valence-electron chi connectivity index (χ0n) is 14.3. The van der Waals surface area contributed by atoms with Gasteiger partial charge in [-0.3, -0.25) is 10.1 Å². The maximum absolute atomic E-state index is 13.7. The zero-order valence-corrected chi connectivity index (χ0v) is 15.1. The van der Waals surface area contributed by atoms with E-state index in [9.17, 15) is 18.8 Å². The molecule has 0 unspecified atom stereocenters. The van der Waals surface area contributed by atoms with Crippen molar-refractivity contribution < 1.29 is 23.5 Å². The van der Waals surface area contributed by atoms with Crippen LogP contribution in [0.25, 0.3) is 10.1 Å². The fourth-order valence-electron chi connectivity index (χ4n) is 1.98. The van der Waals surface area contributed by atoms with Gasteiger partial charge in [0.25, 0.3) is 5.91 Å². The number of carbonyl (C=O) groups is 3. The molecule has 6 nitrogen and oxygen atoms in total. The molecule has 1 aromatic heterocycles. The topological polar surface area (TPSA) is 84.5 Å². The number of hydrogen-bond donors (Lipinski definition) is 2. The van der Waals surface area contributed by atoms with Crippen LogP contribution in [-0.4, -0.2) is 29.6 Å². The fourth-order valence-corrected chi connectivity index (χ4v) is 2.94. The normalized spacial score (nSPS) is 12.5. The minimum absolute atomic E-state index is 0.180. The molecule has 134 valence electrons. The van der Waals surface area contributed by atoms with Crippen LogP contribution in [0.3, 0.4) is 0 Å². The van der Waals surface area contributed by atoms with Crippen LogP contribution >= 0.6 is 11.3 Å². The van der Waals surface area contributed by atoms with Crippen LogP contribution in [0, 0.1) is 5.82 Å². The Bertz CT molecular complexity index is 826. The number of esters is 1. The molecule has 0 bridgehead atoms. The Morgan fingerprint density at radius 1 is 1.24 bits per heavy atom. The highest BCUT2D eigenvalue weighted by Gasteiger charge is 2.23. The third kappa shape index (κ3) is 4.99. The second-order valence-electron chi connectivity index (χ2n) is 6.50. The van der Waals surface area contributed by atoms with E-state index in [0.29, 0.717) is 10.1 Å². The molecule has 0 saturated carbocycles. The van der Waals surface area contributed by atoms with Crippen molar-refractivity contribution in [3.63, 3.8) is 0 Å². The summed E-state index contributed by atoms with van der Waals surface area (Å²) in [6.45, 7) is 6.65. The van der Waals surface area contributed by atoms with Crippen molar-refractivity contribution in [2.24, 2.45) is 0 Å². The highest BCUT2D eigenvalue weighted by molar-refractivity contribution is 7.20. The summed E-state index contributed by atoms with van der Waals surface area (Å²) in [7, 11) is 0. The number of amides is 3. The van der Waals surface area contributed by atoms with Crippen molar-refractivity contribution in [3.05, 3.63) is 35.0 Å². The molecule has 0 aliphatic carbocycles. The number of imide groups is 1. The molecule has 1 heterocycles. The molecule has 0 spiro atoms. The maximum atomic E-state index is 13.7. The van der Waals surface area contributed by atoms with Crippen LogP contribution in [-0.2, 0) is 9.53 Å². The first-order chi connectivity index (χ1) is 11.6. The molecule has 2 N–H and O–H groups in total. The minimum Gasteiger partial charge on any atom is -0.448 e. The number of nitrogens with one attached hydrogen (secondary N) is 2. The van der Waals surface area contributed by atoms with E-state index in [1.165, 1.54) is 19.1 Å². The van der Waals surface area contributed by atoms with E-state index in [-0.39, 0.29) is 4.88 Å². The highest BCUT2D eigenvalue weighted by Crippen LogP contribution is 2.28. The Morgan fingerprint density at radius 2 is 1.92 bits per heavy atom. The predicted octanol–water partition coefficient (Wildman–Crippen LogP) is 3.21. The molecular weight excluding hydrogens is 347 g/mol. The van der Waals surface area contributed by atoms with Crippen molar-refractivity contribution in [2.45, 2.75) is 39.3 Å². The van der Waals surface area contributed by atoms with Crippen molar-refractivity contribution in [3.8, 4) is 0 Å². The van der Waals surface area contributed by atoms with E-state index < -0.39 is 35.4 Å². The quantitative estimate of drug-likeness (QED) is 0.817. The van der Waals surface area contributed by atoms with E-state index in [0.717, 1.165) is 11.3 Å². The summed E-state index contributed by atoms with van der Waals surface area (Å²) in [6, 6.07) is 5.24. The van der Waals surface area contributed by atoms with Crippen LogP contribution in [0.4, 0.5) is 9.18 Å². The van der Waals surface area contributed by atoms with Gasteiger partial charge in [0.05, 0.1) is 0 Å². The number of thiophene rings is 1. The monoisotopic (exact) mass is 366 g/mol. The second kappa shape index (κ2) is 7.18. The van der Waals surface area contributed by atoms with Gasteiger partial charge in [0.1, 0.15) is 10.7 Å². The summed E-state index contributed by atoms with van der Waals surface area (Å²) in [6.07, 6.45) is -1.17. The average molecular weight is 366 g/mol. The Hall–Kier alpha value is -2.48. The third-order valence-electron chi connectivity index (χ3n) is 3.09. The molecule has 3 amide bonds. The minimum atomic E-state index is -1.17. The molecule has 2 rings (SSSR count). The van der Waals surface area contributed by atoms with Crippen LogP contribution in [0.2, 0.25) is 0 Å².